The van der Waals surface area contributed by atoms with Crippen molar-refractivity contribution in [1.29, 1.82) is 5.26 Å². The van der Waals surface area contributed by atoms with E-state index in [1.165, 1.54) is 0 Å². The van der Waals surface area contributed by atoms with Crippen LogP contribution in [0.4, 0.5) is 5.69 Å². The molecule has 5 heteroatoms. The topological polar surface area (TPSA) is 35.8 Å². The normalized spacial score (nSPS) is 9.94. The first kappa shape index (κ1) is 12.6. The van der Waals surface area contributed by atoms with Crippen molar-refractivity contribution in [2.24, 2.45) is 0 Å². The van der Waals surface area contributed by atoms with Gasteiger partial charge in [0.05, 0.1) is 11.3 Å². The number of nitrogens with zero attached hydrogens (tertiary/aromatic N) is 1. The number of hydrogen-bond acceptors (Lipinski definition) is 3. The summed E-state index contributed by atoms with van der Waals surface area (Å²) in [5.41, 5.74) is 1.75. The zero-order valence-corrected chi connectivity index (χ0v) is 12.7. The molecule has 1 N–H and O–H groups in total. The second-order valence-electron chi connectivity index (χ2n) is 3.36. The number of rotatable bonds is 3. The van der Waals surface area contributed by atoms with Crippen molar-refractivity contribution >= 4 is 48.9 Å². The van der Waals surface area contributed by atoms with Gasteiger partial charge in [0, 0.05) is 25.7 Å². The van der Waals surface area contributed by atoms with Crippen LogP contribution < -0.4 is 5.32 Å². The summed E-state index contributed by atoms with van der Waals surface area (Å²) in [5.74, 6) is 0. The van der Waals surface area contributed by atoms with Gasteiger partial charge in [-0.2, -0.15) is 5.26 Å². The lowest BCUT2D eigenvalue weighted by Crippen LogP contribution is -1.98. The molecule has 0 radical (unpaired) electrons. The Morgan fingerprint density at radius 3 is 2.59 bits per heavy atom. The number of para-hydroxylation sites is 1. The molecule has 0 unspecified atom stereocenters. The van der Waals surface area contributed by atoms with Gasteiger partial charge in [-0.1, -0.05) is 6.07 Å². The van der Waals surface area contributed by atoms with Crippen LogP contribution in [0.3, 0.4) is 0 Å². The molecule has 0 aliphatic carbocycles. The minimum atomic E-state index is 0.716. The van der Waals surface area contributed by atoms with Gasteiger partial charge >= 0.3 is 0 Å². The average Bonchev–Trinajstić information content (AvgIpc) is 2.76. The van der Waals surface area contributed by atoms with Crippen molar-refractivity contribution in [1.82, 2.24) is 0 Å². The lowest BCUT2D eigenvalue weighted by molar-refractivity contribution is 1.18. The van der Waals surface area contributed by atoms with E-state index in [0.717, 1.165) is 25.1 Å². The van der Waals surface area contributed by atoms with E-state index in [9.17, 15) is 0 Å². The molecule has 1 heterocycles. The van der Waals surface area contributed by atoms with Crippen molar-refractivity contribution in [3.63, 3.8) is 0 Å². The summed E-state index contributed by atoms with van der Waals surface area (Å²) in [6, 6.07) is 9.98. The minimum absolute atomic E-state index is 0.716. The van der Waals surface area contributed by atoms with E-state index >= 15 is 0 Å². The molecule has 0 saturated heterocycles. The van der Waals surface area contributed by atoms with E-state index in [1.807, 2.05) is 29.6 Å². The number of anilines is 1. The quantitative estimate of drug-likeness (QED) is 0.844. The largest absolute Gasteiger partial charge is 0.378 e. The van der Waals surface area contributed by atoms with Gasteiger partial charge in [-0.15, -0.1) is 11.3 Å². The van der Waals surface area contributed by atoms with Crippen molar-refractivity contribution in [3.05, 3.63) is 49.0 Å². The highest BCUT2D eigenvalue weighted by atomic mass is 79.9. The maximum absolute atomic E-state index is 8.75. The molecule has 1 aromatic heterocycles. The van der Waals surface area contributed by atoms with Gasteiger partial charge in [0.25, 0.3) is 0 Å². The molecule has 1 aromatic carbocycles. The van der Waals surface area contributed by atoms with Gasteiger partial charge in [-0.25, -0.2) is 0 Å². The second-order valence-corrected chi connectivity index (χ2v) is 6.07. The van der Waals surface area contributed by atoms with E-state index in [1.54, 1.807) is 11.3 Å². The molecule has 0 saturated carbocycles. The molecule has 86 valence electrons. The molecule has 0 fully saturated rings. The first-order valence-corrected chi connectivity index (χ1v) is 7.32. The zero-order chi connectivity index (χ0) is 12.3. The molecular weight excluding hydrogens is 364 g/mol. The molecule has 0 aliphatic rings. The highest BCUT2D eigenvalue weighted by Crippen LogP contribution is 2.31. The van der Waals surface area contributed by atoms with Gasteiger partial charge in [0.1, 0.15) is 6.07 Å². The highest BCUT2D eigenvalue weighted by Gasteiger charge is 2.05. The fourth-order valence-corrected chi connectivity index (χ4v) is 3.40. The third-order valence-electron chi connectivity index (χ3n) is 2.19. The van der Waals surface area contributed by atoms with Crippen LogP contribution in [0.5, 0.6) is 0 Å². The van der Waals surface area contributed by atoms with Gasteiger partial charge < -0.3 is 5.32 Å². The van der Waals surface area contributed by atoms with Crippen molar-refractivity contribution < 1.29 is 0 Å². The monoisotopic (exact) mass is 370 g/mol. The van der Waals surface area contributed by atoms with Crippen LogP contribution in [-0.2, 0) is 6.54 Å². The molecule has 0 spiro atoms. The maximum Gasteiger partial charge on any atom is 0.100 e. The summed E-state index contributed by atoms with van der Waals surface area (Å²) in [6.45, 7) is 0.716. The van der Waals surface area contributed by atoms with Crippen molar-refractivity contribution in [2.75, 3.05) is 5.32 Å². The molecule has 0 atom stereocenters. The first-order chi connectivity index (χ1) is 8.20. The van der Waals surface area contributed by atoms with Crippen LogP contribution >= 0.6 is 43.2 Å². The Morgan fingerprint density at radius 1 is 1.29 bits per heavy atom. The molecule has 2 rings (SSSR count). The molecule has 0 amide bonds. The summed E-state index contributed by atoms with van der Waals surface area (Å²) in [4.78, 5) is 1.14. The van der Waals surface area contributed by atoms with Crippen LogP contribution in [-0.4, -0.2) is 0 Å². The summed E-state index contributed by atoms with van der Waals surface area (Å²) in [5, 5.41) is 14.0. The lowest BCUT2D eigenvalue weighted by atomic mass is 10.3. The Hall–Kier alpha value is -0.830. The Labute approximate surface area is 121 Å². The molecule has 2 nitrogen and oxygen atoms in total. The maximum atomic E-state index is 8.75. The summed E-state index contributed by atoms with van der Waals surface area (Å²) in [6.07, 6.45) is 0. The van der Waals surface area contributed by atoms with E-state index in [2.05, 4.69) is 43.2 Å². The fourth-order valence-electron chi connectivity index (χ4n) is 1.37. The van der Waals surface area contributed by atoms with E-state index in [4.69, 9.17) is 5.26 Å². The fraction of sp³-hybridized carbons (Fsp3) is 0.0833. The standard InChI is InChI=1S/C12H8Br2N2S/c13-10-2-1-3-11(14)12(10)16-6-9-4-8(5-15)7-17-9/h1-4,7,16H,6H2. The van der Waals surface area contributed by atoms with Gasteiger partial charge in [0.15, 0.2) is 0 Å². The van der Waals surface area contributed by atoms with Crippen molar-refractivity contribution in [2.45, 2.75) is 6.54 Å². The van der Waals surface area contributed by atoms with Crippen LogP contribution in [0.1, 0.15) is 10.4 Å². The average molecular weight is 372 g/mol. The number of hydrogen-bond donors (Lipinski definition) is 1. The van der Waals surface area contributed by atoms with E-state index in [0.29, 0.717) is 6.54 Å². The zero-order valence-electron chi connectivity index (χ0n) is 8.71. The third-order valence-corrected chi connectivity index (χ3v) is 4.44. The lowest BCUT2D eigenvalue weighted by Gasteiger charge is -2.09. The highest BCUT2D eigenvalue weighted by molar-refractivity contribution is 9.11. The Balaban J connectivity index is 2.10. The third kappa shape index (κ3) is 3.09. The van der Waals surface area contributed by atoms with Crippen LogP contribution in [0.15, 0.2) is 38.6 Å². The molecule has 0 bridgehead atoms. The van der Waals surface area contributed by atoms with Gasteiger partial charge in [-0.3, -0.25) is 0 Å². The summed E-state index contributed by atoms with van der Waals surface area (Å²) < 4.78 is 2.04. The summed E-state index contributed by atoms with van der Waals surface area (Å²) in [7, 11) is 0. The Morgan fingerprint density at radius 2 is 2.00 bits per heavy atom. The number of thiophene rings is 1. The van der Waals surface area contributed by atoms with Crippen LogP contribution in [0.2, 0.25) is 0 Å². The molecule has 0 aliphatic heterocycles. The second kappa shape index (κ2) is 5.67. The minimum Gasteiger partial charge on any atom is -0.378 e. The number of nitrogens with one attached hydrogen (secondary N) is 1. The first-order valence-electron chi connectivity index (χ1n) is 4.86. The van der Waals surface area contributed by atoms with Crippen LogP contribution in [0.25, 0.3) is 0 Å². The summed E-state index contributed by atoms with van der Waals surface area (Å²) >= 11 is 8.59. The van der Waals surface area contributed by atoms with E-state index in [-0.39, 0.29) is 0 Å². The number of halogens is 2. The van der Waals surface area contributed by atoms with Crippen LogP contribution in [0, 0.1) is 11.3 Å². The van der Waals surface area contributed by atoms with Gasteiger partial charge in [-0.05, 0) is 50.1 Å². The van der Waals surface area contributed by atoms with Gasteiger partial charge in [0.2, 0.25) is 0 Å². The molecule has 17 heavy (non-hydrogen) atoms. The predicted octanol–water partition coefficient (Wildman–Crippen LogP) is 4.76. The van der Waals surface area contributed by atoms with Crippen molar-refractivity contribution in [3.8, 4) is 6.07 Å². The number of benzene rings is 1. The number of nitriles is 1. The SMILES string of the molecule is N#Cc1csc(CNc2c(Br)cccc2Br)c1. The molecular formula is C12H8Br2N2S. The van der Waals surface area contributed by atoms with E-state index < -0.39 is 0 Å². The Bertz CT molecular complexity index is 552. The predicted molar refractivity (Wildman–Crippen MR) is 78.2 cm³/mol. The molecule has 2 aromatic rings. The Kier molecular flexibility index (Phi) is 4.21. The smallest absolute Gasteiger partial charge is 0.100 e.